The van der Waals surface area contributed by atoms with Gasteiger partial charge in [-0.1, -0.05) is 30.2 Å². The zero-order chi connectivity index (χ0) is 15.1. The number of halogens is 1. The molecule has 6 heteroatoms. The van der Waals surface area contributed by atoms with Crippen molar-refractivity contribution in [2.75, 3.05) is 6.50 Å². The highest BCUT2D eigenvalue weighted by molar-refractivity contribution is 7.83. The molecule has 0 saturated heterocycles. The van der Waals surface area contributed by atoms with E-state index >= 15 is 0 Å². The fourth-order valence-electron chi connectivity index (χ4n) is 2.13. The van der Waals surface area contributed by atoms with Gasteiger partial charge in [0.15, 0.2) is 0 Å². The number of fused-ring (bicyclic) bond motifs is 1. The number of hydrogen-bond acceptors (Lipinski definition) is 2. The molecule has 18 heavy (non-hydrogen) atoms. The van der Waals surface area contributed by atoms with Crippen LogP contribution in [0, 0.1) is 12.3 Å². The normalized spacial score (nSPS) is 25.2. The molecule has 0 fully saturated rings. The predicted molar refractivity (Wildman–Crippen MR) is 64.9 cm³/mol. The molecule has 0 spiro atoms. The third-order valence-corrected chi connectivity index (χ3v) is 3.62. The van der Waals surface area contributed by atoms with Gasteiger partial charge in [-0.15, -0.1) is 6.42 Å². The summed E-state index contributed by atoms with van der Waals surface area (Å²) in [5, 5.41) is 0. The number of alkyl halides is 1. The Morgan fingerprint density at radius 1 is 1.61 bits per heavy atom. The molecule has 1 aliphatic rings. The second-order valence-corrected chi connectivity index (χ2v) is 5.18. The van der Waals surface area contributed by atoms with Crippen LogP contribution in [-0.2, 0) is 16.7 Å². The summed E-state index contributed by atoms with van der Waals surface area (Å²) >= 11 is 0. The highest BCUT2D eigenvalue weighted by Crippen LogP contribution is 2.38. The van der Waals surface area contributed by atoms with Crippen LogP contribution in [0.15, 0.2) is 24.3 Å². The van der Waals surface area contributed by atoms with Crippen molar-refractivity contribution in [3.63, 3.8) is 0 Å². The van der Waals surface area contributed by atoms with Gasteiger partial charge in [-0.2, -0.15) is 12.7 Å². The molecule has 0 radical (unpaired) electrons. The summed E-state index contributed by atoms with van der Waals surface area (Å²) in [4.78, 5) is 0. The SMILES string of the molecule is [2H]C([2H])(C#C)N(C1c2ccccc2CC1[18F])S(=O)(=O)O. The quantitative estimate of drug-likeness (QED) is 0.666. The Kier molecular flexibility index (Phi) is 2.73. The number of rotatable bonds is 3. The summed E-state index contributed by atoms with van der Waals surface area (Å²) in [6.45, 7) is -2.83. The molecule has 0 aliphatic heterocycles. The van der Waals surface area contributed by atoms with Crippen molar-refractivity contribution in [2.45, 2.75) is 18.6 Å². The summed E-state index contributed by atoms with van der Waals surface area (Å²) in [7, 11) is -5.02. The Morgan fingerprint density at radius 3 is 2.89 bits per heavy atom. The van der Waals surface area contributed by atoms with Gasteiger partial charge in [0.25, 0.3) is 0 Å². The van der Waals surface area contributed by atoms with Crippen LogP contribution in [0.25, 0.3) is 0 Å². The lowest BCUT2D eigenvalue weighted by molar-refractivity contribution is 0.196. The van der Waals surface area contributed by atoms with Gasteiger partial charge in [-0.05, 0) is 11.1 Å². The third-order valence-electron chi connectivity index (χ3n) is 2.81. The van der Waals surface area contributed by atoms with Crippen LogP contribution in [-0.4, -0.2) is 29.9 Å². The first kappa shape index (κ1) is 10.5. The Morgan fingerprint density at radius 2 is 2.28 bits per heavy atom. The minimum absolute atomic E-state index is 0.0104. The van der Waals surface area contributed by atoms with E-state index in [0.29, 0.717) is 11.1 Å². The topological polar surface area (TPSA) is 57.6 Å². The highest BCUT2D eigenvalue weighted by atomic mass is 32.2. The average molecular weight is 270 g/mol. The van der Waals surface area contributed by atoms with Crippen LogP contribution >= 0.6 is 0 Å². The highest BCUT2D eigenvalue weighted by Gasteiger charge is 2.41. The second-order valence-electron chi connectivity index (χ2n) is 3.89. The van der Waals surface area contributed by atoms with E-state index < -0.39 is 29.0 Å². The van der Waals surface area contributed by atoms with E-state index in [1.165, 1.54) is 6.07 Å². The van der Waals surface area contributed by atoms with Crippen LogP contribution < -0.4 is 0 Å². The molecule has 0 saturated carbocycles. The lowest BCUT2D eigenvalue weighted by Crippen LogP contribution is -2.37. The molecule has 1 aromatic carbocycles. The average Bonchev–Trinajstić information content (AvgIpc) is 2.65. The first-order valence-electron chi connectivity index (χ1n) is 6.15. The van der Waals surface area contributed by atoms with Gasteiger partial charge in [-0.25, -0.2) is 4.39 Å². The molecule has 1 N–H and O–H groups in total. The van der Waals surface area contributed by atoms with Crippen molar-refractivity contribution in [2.24, 2.45) is 0 Å². The number of nitrogens with zero attached hydrogens (tertiary/aromatic N) is 1. The van der Waals surface area contributed by atoms with E-state index in [1.807, 2.05) is 0 Å². The van der Waals surface area contributed by atoms with Crippen molar-refractivity contribution in [3.05, 3.63) is 35.4 Å². The molecule has 0 heterocycles. The number of benzene rings is 1. The van der Waals surface area contributed by atoms with E-state index in [-0.39, 0.29) is 10.7 Å². The van der Waals surface area contributed by atoms with Crippen molar-refractivity contribution in [1.82, 2.24) is 4.31 Å². The molecular weight excluding hydrogens is 256 g/mol. The van der Waals surface area contributed by atoms with E-state index in [1.54, 1.807) is 24.1 Å². The van der Waals surface area contributed by atoms with Crippen LogP contribution in [0.2, 0.25) is 0 Å². The smallest absolute Gasteiger partial charge is 0.273 e. The second kappa shape index (κ2) is 4.69. The Bertz CT molecular complexity index is 672. The van der Waals surface area contributed by atoms with Gasteiger partial charge < -0.3 is 0 Å². The minimum atomic E-state index is -5.02. The molecule has 2 atom stereocenters. The lowest BCUT2D eigenvalue weighted by atomic mass is 10.1. The van der Waals surface area contributed by atoms with Gasteiger partial charge in [0, 0.05) is 6.42 Å². The van der Waals surface area contributed by atoms with E-state index in [0.717, 1.165) is 0 Å². The van der Waals surface area contributed by atoms with Crippen LogP contribution in [0.4, 0.5) is 4.39 Å². The zero-order valence-electron chi connectivity index (χ0n) is 11.2. The van der Waals surface area contributed by atoms with Crippen LogP contribution in [0.3, 0.4) is 0 Å². The van der Waals surface area contributed by atoms with Crippen molar-refractivity contribution in [1.29, 1.82) is 0 Å². The van der Waals surface area contributed by atoms with Crippen LogP contribution in [0.1, 0.15) is 19.9 Å². The molecule has 2 rings (SSSR count). The lowest BCUT2D eigenvalue weighted by Gasteiger charge is -2.25. The molecule has 0 aromatic heterocycles. The van der Waals surface area contributed by atoms with Crippen LogP contribution in [0.5, 0.6) is 0 Å². The van der Waals surface area contributed by atoms with Crippen molar-refractivity contribution in [3.8, 4) is 12.3 Å². The maximum atomic E-state index is 14.2. The summed E-state index contributed by atoms with van der Waals surface area (Å²) in [6.07, 6.45) is 3.23. The summed E-state index contributed by atoms with van der Waals surface area (Å²) in [5.74, 6) is 1.63. The van der Waals surface area contributed by atoms with Gasteiger partial charge in [0.2, 0.25) is 0 Å². The molecule has 96 valence electrons. The first-order valence-corrected chi connectivity index (χ1v) is 6.55. The van der Waals surface area contributed by atoms with Gasteiger partial charge in [0.05, 0.1) is 15.3 Å². The molecule has 4 nitrogen and oxygen atoms in total. The molecule has 0 amide bonds. The maximum Gasteiger partial charge on any atom is 0.337 e. The van der Waals surface area contributed by atoms with E-state index in [9.17, 15) is 17.4 Å². The Balaban J connectivity index is 2.60. The zero-order valence-corrected chi connectivity index (χ0v) is 10.1. The molecular formula is C12H12FNO3S. The summed E-state index contributed by atoms with van der Waals surface area (Å²) in [5.41, 5.74) is 0.864. The third kappa shape index (κ3) is 2.25. The number of hydrogen-bond donors (Lipinski definition) is 1. The van der Waals surface area contributed by atoms with Crippen molar-refractivity contribution >= 4 is 10.3 Å². The largest absolute Gasteiger partial charge is 0.337 e. The predicted octanol–water partition coefficient (Wildman–Crippen LogP) is 1.36. The fraction of sp³-hybridized carbons (Fsp3) is 0.333. The van der Waals surface area contributed by atoms with Gasteiger partial charge in [0.1, 0.15) is 6.17 Å². The van der Waals surface area contributed by atoms with E-state index in [4.69, 9.17) is 9.16 Å². The summed E-state index contributed by atoms with van der Waals surface area (Å²) in [6, 6.07) is 4.88. The van der Waals surface area contributed by atoms with Crippen molar-refractivity contribution < 1.29 is 20.1 Å². The van der Waals surface area contributed by atoms with Gasteiger partial charge >= 0.3 is 10.3 Å². The molecule has 1 aromatic rings. The van der Waals surface area contributed by atoms with Gasteiger partial charge in [-0.3, -0.25) is 4.55 Å². The number of terminal acetylenes is 1. The molecule has 1 aliphatic carbocycles. The fourth-order valence-corrected chi connectivity index (χ4v) is 2.83. The Labute approximate surface area is 108 Å². The Hall–Kier alpha value is -1.42. The summed E-state index contributed by atoms with van der Waals surface area (Å²) < 4.78 is 61.4. The molecule has 2 unspecified atom stereocenters. The molecule has 0 bridgehead atoms. The monoisotopic (exact) mass is 270 g/mol. The maximum absolute atomic E-state index is 14.2. The standard InChI is InChI=1S/C12H12FNO3S/c1-2-7-14(18(15,16)17)12-10-6-4-3-5-9(10)8-11(12)13/h1,3-6,11-12H,7-8H2,(H,15,16,17)/i7D2,13-1. The van der Waals surface area contributed by atoms with E-state index in [2.05, 4.69) is 0 Å². The first-order chi connectivity index (χ1) is 9.18. The minimum Gasteiger partial charge on any atom is -0.273 e.